The Morgan fingerprint density at radius 3 is 1.88 bits per heavy atom. The standard InChI is InChI=1S/C18H21ClN2O3S/c1-24-18-9-5-16(6-10-18)14-21-12-2-11-20(25(21,22)23)13-15-3-7-17(19)8-4-15/h3-10H,2,11-14H2,1H3. The molecule has 1 aliphatic heterocycles. The van der Waals surface area contributed by atoms with Gasteiger partial charge < -0.3 is 4.74 Å². The summed E-state index contributed by atoms with van der Waals surface area (Å²) in [5.74, 6) is 0.759. The van der Waals surface area contributed by atoms with E-state index < -0.39 is 10.2 Å². The Morgan fingerprint density at radius 1 is 0.920 bits per heavy atom. The third-order valence-electron chi connectivity index (χ3n) is 4.26. The van der Waals surface area contributed by atoms with E-state index in [1.807, 2.05) is 36.4 Å². The van der Waals surface area contributed by atoms with Crippen molar-refractivity contribution >= 4 is 21.8 Å². The van der Waals surface area contributed by atoms with E-state index in [1.165, 1.54) is 8.61 Å². The molecule has 0 spiro atoms. The highest BCUT2D eigenvalue weighted by atomic mass is 35.5. The fourth-order valence-electron chi connectivity index (χ4n) is 2.87. The second-order valence-electron chi connectivity index (χ2n) is 6.00. The van der Waals surface area contributed by atoms with Gasteiger partial charge in [0.15, 0.2) is 0 Å². The maximum absolute atomic E-state index is 12.9. The van der Waals surface area contributed by atoms with Crippen LogP contribution in [-0.4, -0.2) is 37.2 Å². The van der Waals surface area contributed by atoms with Crippen molar-refractivity contribution < 1.29 is 13.2 Å². The lowest BCUT2D eigenvalue weighted by Gasteiger charge is -2.34. The van der Waals surface area contributed by atoms with E-state index in [-0.39, 0.29) is 0 Å². The molecule has 0 amide bonds. The summed E-state index contributed by atoms with van der Waals surface area (Å²) < 4.78 is 34.0. The van der Waals surface area contributed by atoms with Gasteiger partial charge in [0, 0.05) is 31.2 Å². The minimum Gasteiger partial charge on any atom is -0.497 e. The minimum atomic E-state index is -3.48. The molecular weight excluding hydrogens is 360 g/mol. The van der Waals surface area contributed by atoms with Gasteiger partial charge in [0.1, 0.15) is 5.75 Å². The van der Waals surface area contributed by atoms with Crippen LogP contribution in [0.15, 0.2) is 48.5 Å². The van der Waals surface area contributed by atoms with E-state index >= 15 is 0 Å². The van der Waals surface area contributed by atoms with E-state index in [9.17, 15) is 8.42 Å². The normalized spacial score (nSPS) is 18.2. The molecule has 3 rings (SSSR count). The first-order chi connectivity index (χ1) is 12.0. The zero-order chi connectivity index (χ0) is 17.9. The Balaban J connectivity index is 1.73. The lowest BCUT2D eigenvalue weighted by molar-refractivity contribution is 0.276. The van der Waals surface area contributed by atoms with Crippen molar-refractivity contribution in [3.05, 3.63) is 64.7 Å². The SMILES string of the molecule is COc1ccc(CN2CCCN(Cc3ccc(Cl)cc3)S2(=O)=O)cc1. The maximum Gasteiger partial charge on any atom is 0.282 e. The van der Waals surface area contributed by atoms with Gasteiger partial charge in [-0.05, 0) is 41.8 Å². The Morgan fingerprint density at radius 2 is 1.40 bits per heavy atom. The molecular formula is C18H21ClN2O3S. The van der Waals surface area contributed by atoms with Crippen molar-refractivity contribution in [2.75, 3.05) is 20.2 Å². The van der Waals surface area contributed by atoms with Gasteiger partial charge in [-0.3, -0.25) is 0 Å². The first kappa shape index (κ1) is 18.2. The highest BCUT2D eigenvalue weighted by Crippen LogP contribution is 2.23. The molecule has 0 bridgehead atoms. The van der Waals surface area contributed by atoms with Gasteiger partial charge in [-0.15, -0.1) is 0 Å². The Bertz CT molecular complexity index is 807. The van der Waals surface area contributed by atoms with Gasteiger partial charge in [-0.25, -0.2) is 0 Å². The zero-order valence-corrected chi connectivity index (χ0v) is 15.6. The fourth-order valence-corrected chi connectivity index (χ4v) is 4.66. The molecule has 0 atom stereocenters. The number of benzene rings is 2. The topological polar surface area (TPSA) is 49.9 Å². The summed E-state index contributed by atoms with van der Waals surface area (Å²) in [7, 11) is -1.87. The molecule has 0 aliphatic carbocycles. The summed E-state index contributed by atoms with van der Waals surface area (Å²) in [4.78, 5) is 0. The number of hydrogen-bond donors (Lipinski definition) is 0. The predicted molar refractivity (Wildman–Crippen MR) is 98.8 cm³/mol. The summed E-state index contributed by atoms with van der Waals surface area (Å²) in [6, 6.07) is 14.8. The van der Waals surface area contributed by atoms with E-state index in [4.69, 9.17) is 16.3 Å². The van der Waals surface area contributed by atoms with Crippen LogP contribution >= 0.6 is 11.6 Å². The largest absolute Gasteiger partial charge is 0.497 e. The van der Waals surface area contributed by atoms with Crippen LogP contribution in [0.2, 0.25) is 5.02 Å². The number of rotatable bonds is 5. The molecule has 0 aromatic heterocycles. The lowest BCUT2D eigenvalue weighted by Crippen LogP contribution is -2.48. The van der Waals surface area contributed by atoms with Gasteiger partial charge >= 0.3 is 0 Å². The molecule has 1 heterocycles. The number of nitrogens with zero attached hydrogens (tertiary/aromatic N) is 2. The average Bonchev–Trinajstić information content (AvgIpc) is 2.61. The number of methoxy groups -OCH3 is 1. The zero-order valence-electron chi connectivity index (χ0n) is 14.1. The van der Waals surface area contributed by atoms with Gasteiger partial charge in [-0.2, -0.15) is 17.0 Å². The first-order valence-electron chi connectivity index (χ1n) is 8.11. The summed E-state index contributed by atoms with van der Waals surface area (Å²) in [5.41, 5.74) is 1.87. The van der Waals surface area contributed by atoms with E-state index in [0.717, 1.165) is 23.3 Å². The first-order valence-corrected chi connectivity index (χ1v) is 9.89. The summed E-state index contributed by atoms with van der Waals surface area (Å²) in [6.45, 7) is 1.79. The molecule has 0 N–H and O–H groups in total. The molecule has 2 aromatic rings. The van der Waals surface area contributed by atoms with E-state index in [1.54, 1.807) is 19.2 Å². The Labute approximate surface area is 154 Å². The van der Waals surface area contributed by atoms with Crippen molar-refractivity contribution in [1.29, 1.82) is 0 Å². The molecule has 5 nitrogen and oxygen atoms in total. The molecule has 1 fully saturated rings. The average molecular weight is 381 g/mol. The molecule has 7 heteroatoms. The molecule has 0 unspecified atom stereocenters. The molecule has 2 aromatic carbocycles. The third-order valence-corrected chi connectivity index (χ3v) is 6.44. The van der Waals surface area contributed by atoms with E-state index in [2.05, 4.69) is 0 Å². The smallest absolute Gasteiger partial charge is 0.282 e. The molecule has 1 aliphatic rings. The van der Waals surface area contributed by atoms with Crippen LogP contribution in [0, 0.1) is 0 Å². The number of ether oxygens (including phenoxy) is 1. The number of hydrogen-bond acceptors (Lipinski definition) is 3. The van der Waals surface area contributed by atoms with Crippen molar-refractivity contribution in [2.45, 2.75) is 19.5 Å². The van der Waals surface area contributed by atoms with E-state index in [0.29, 0.717) is 31.2 Å². The second-order valence-corrected chi connectivity index (χ2v) is 8.37. The van der Waals surface area contributed by atoms with Gasteiger partial charge in [0.05, 0.1) is 7.11 Å². The van der Waals surface area contributed by atoms with Crippen molar-refractivity contribution in [2.24, 2.45) is 0 Å². The van der Waals surface area contributed by atoms with Crippen LogP contribution in [0.25, 0.3) is 0 Å². The minimum absolute atomic E-state index is 0.360. The van der Waals surface area contributed by atoms with Gasteiger partial charge in [-0.1, -0.05) is 35.9 Å². The molecule has 134 valence electrons. The second kappa shape index (κ2) is 7.74. The highest BCUT2D eigenvalue weighted by molar-refractivity contribution is 7.86. The van der Waals surface area contributed by atoms with Crippen LogP contribution in [0.3, 0.4) is 0 Å². The highest BCUT2D eigenvalue weighted by Gasteiger charge is 2.33. The van der Waals surface area contributed by atoms with Crippen LogP contribution < -0.4 is 4.74 Å². The van der Waals surface area contributed by atoms with Crippen LogP contribution in [-0.2, 0) is 23.3 Å². The summed E-state index contributed by atoms with van der Waals surface area (Å²) in [6.07, 6.45) is 0.809. The van der Waals surface area contributed by atoms with Crippen molar-refractivity contribution in [3.63, 3.8) is 0 Å². The quantitative estimate of drug-likeness (QED) is 0.799. The fraction of sp³-hybridized carbons (Fsp3) is 0.333. The summed E-state index contributed by atoms with van der Waals surface area (Å²) in [5, 5.41) is 0.645. The summed E-state index contributed by atoms with van der Waals surface area (Å²) >= 11 is 5.90. The predicted octanol–water partition coefficient (Wildman–Crippen LogP) is 3.30. The molecule has 1 saturated heterocycles. The lowest BCUT2D eigenvalue weighted by atomic mass is 10.2. The van der Waals surface area contributed by atoms with Crippen LogP contribution in [0.5, 0.6) is 5.75 Å². The Hall–Kier alpha value is -1.60. The molecule has 25 heavy (non-hydrogen) atoms. The van der Waals surface area contributed by atoms with Gasteiger partial charge in [0.25, 0.3) is 10.2 Å². The van der Waals surface area contributed by atoms with Crippen LogP contribution in [0.1, 0.15) is 17.5 Å². The van der Waals surface area contributed by atoms with Crippen LogP contribution in [0.4, 0.5) is 0 Å². The van der Waals surface area contributed by atoms with Gasteiger partial charge in [0.2, 0.25) is 0 Å². The van der Waals surface area contributed by atoms with Crippen molar-refractivity contribution in [1.82, 2.24) is 8.61 Å². The third kappa shape index (κ3) is 4.33. The molecule has 0 radical (unpaired) electrons. The van der Waals surface area contributed by atoms with Crippen molar-refractivity contribution in [3.8, 4) is 5.75 Å². The Kier molecular flexibility index (Phi) is 5.64. The number of halogens is 1. The maximum atomic E-state index is 12.9. The molecule has 0 saturated carbocycles. The monoisotopic (exact) mass is 380 g/mol.